The van der Waals surface area contributed by atoms with Crippen molar-refractivity contribution in [3.63, 3.8) is 0 Å². The molecule has 3 nitrogen and oxygen atoms in total. The van der Waals surface area contributed by atoms with Gasteiger partial charge in [-0.2, -0.15) is 0 Å². The number of hydrogen-bond acceptors (Lipinski definition) is 3. The second-order valence-electron chi connectivity index (χ2n) is 4.00. The van der Waals surface area contributed by atoms with Crippen molar-refractivity contribution in [2.75, 3.05) is 5.32 Å². The van der Waals surface area contributed by atoms with E-state index in [-0.39, 0.29) is 5.91 Å². The van der Waals surface area contributed by atoms with Crippen LogP contribution in [-0.2, 0) is 0 Å². The van der Waals surface area contributed by atoms with Gasteiger partial charge in [-0.05, 0) is 47.2 Å². The third-order valence-corrected chi connectivity index (χ3v) is 3.82. The van der Waals surface area contributed by atoms with Crippen molar-refractivity contribution >= 4 is 44.6 Å². The third kappa shape index (κ3) is 2.59. The summed E-state index contributed by atoms with van der Waals surface area (Å²) in [6.45, 7) is 0. The molecule has 19 heavy (non-hydrogen) atoms. The molecule has 0 saturated heterocycles. The van der Waals surface area contributed by atoms with Crippen molar-refractivity contribution in [1.82, 2.24) is 4.98 Å². The molecule has 0 bridgehead atoms. The zero-order valence-electron chi connectivity index (χ0n) is 9.76. The lowest BCUT2D eigenvalue weighted by molar-refractivity contribution is 0.102. The summed E-state index contributed by atoms with van der Waals surface area (Å²) in [7, 11) is 0. The molecule has 0 aliphatic carbocycles. The Labute approximate surface area is 118 Å². The van der Waals surface area contributed by atoms with E-state index in [1.807, 2.05) is 29.6 Å². The number of carbonyl (C=O) groups excluding carboxylic acids is 1. The van der Waals surface area contributed by atoms with E-state index < -0.39 is 0 Å². The highest BCUT2D eigenvalue weighted by atomic mass is 35.5. The number of halogens is 1. The van der Waals surface area contributed by atoms with Gasteiger partial charge in [0.05, 0.1) is 5.56 Å². The first-order valence-corrected chi connectivity index (χ1v) is 6.88. The van der Waals surface area contributed by atoms with E-state index in [4.69, 9.17) is 11.6 Å². The molecule has 5 heteroatoms. The predicted molar refractivity (Wildman–Crippen MR) is 79.0 cm³/mol. The maximum atomic E-state index is 12.0. The number of anilines is 1. The summed E-state index contributed by atoms with van der Waals surface area (Å²) in [6.07, 6.45) is 1.46. The number of aromatic nitrogens is 1. The Kier molecular flexibility index (Phi) is 3.19. The number of carbonyl (C=O) groups is 1. The highest BCUT2D eigenvalue weighted by molar-refractivity contribution is 7.17. The molecule has 0 aliphatic heterocycles. The van der Waals surface area contributed by atoms with Crippen LogP contribution in [0.1, 0.15) is 10.4 Å². The van der Waals surface area contributed by atoms with E-state index >= 15 is 0 Å². The Morgan fingerprint density at radius 2 is 2.11 bits per heavy atom. The fourth-order valence-corrected chi connectivity index (χ4v) is 2.64. The van der Waals surface area contributed by atoms with Crippen LogP contribution >= 0.6 is 22.9 Å². The van der Waals surface area contributed by atoms with Crippen LogP contribution in [0.15, 0.2) is 48.0 Å². The Morgan fingerprint density at radius 1 is 1.21 bits per heavy atom. The first-order chi connectivity index (χ1) is 9.22. The fraction of sp³-hybridized carbons (Fsp3) is 0. The fourth-order valence-electron chi connectivity index (χ4n) is 1.76. The minimum absolute atomic E-state index is 0.196. The zero-order chi connectivity index (χ0) is 13.2. The van der Waals surface area contributed by atoms with Gasteiger partial charge in [-0.15, -0.1) is 11.3 Å². The number of nitrogens with one attached hydrogen (secondary N) is 1. The van der Waals surface area contributed by atoms with Gasteiger partial charge in [0.2, 0.25) is 0 Å². The molecule has 1 amide bonds. The van der Waals surface area contributed by atoms with Gasteiger partial charge in [-0.3, -0.25) is 4.79 Å². The largest absolute Gasteiger partial charge is 0.322 e. The zero-order valence-corrected chi connectivity index (χ0v) is 11.3. The Bertz CT molecular complexity index is 737. The molecular weight excluding hydrogens is 280 g/mol. The van der Waals surface area contributed by atoms with Crippen molar-refractivity contribution in [3.8, 4) is 0 Å². The molecule has 0 saturated carbocycles. The predicted octanol–water partition coefficient (Wildman–Crippen LogP) is 4.20. The van der Waals surface area contributed by atoms with Crippen LogP contribution in [-0.4, -0.2) is 10.9 Å². The second-order valence-corrected chi connectivity index (χ2v) is 5.33. The highest BCUT2D eigenvalue weighted by Gasteiger charge is 2.07. The quantitative estimate of drug-likeness (QED) is 0.718. The van der Waals surface area contributed by atoms with Crippen molar-refractivity contribution in [2.24, 2.45) is 0 Å². The van der Waals surface area contributed by atoms with Crippen LogP contribution in [0.5, 0.6) is 0 Å². The SMILES string of the molecule is O=C(Nc1ccc2sccc2c1)c1ccc(Cl)nc1. The number of nitrogens with zero attached hydrogens (tertiary/aromatic N) is 1. The number of pyridine rings is 1. The maximum Gasteiger partial charge on any atom is 0.257 e. The van der Waals surface area contributed by atoms with Crippen LogP contribution in [0.25, 0.3) is 10.1 Å². The van der Waals surface area contributed by atoms with Crippen LogP contribution in [0.4, 0.5) is 5.69 Å². The number of benzene rings is 1. The number of fused-ring (bicyclic) bond motifs is 1. The van der Waals surface area contributed by atoms with Crippen molar-refractivity contribution in [3.05, 3.63) is 58.7 Å². The van der Waals surface area contributed by atoms with E-state index in [9.17, 15) is 4.79 Å². The van der Waals surface area contributed by atoms with E-state index in [1.54, 1.807) is 23.5 Å². The summed E-state index contributed by atoms with van der Waals surface area (Å²) in [5, 5.41) is 6.36. The van der Waals surface area contributed by atoms with Gasteiger partial charge in [0.25, 0.3) is 5.91 Å². The number of thiophene rings is 1. The first kappa shape index (κ1) is 12.1. The molecule has 1 aromatic carbocycles. The van der Waals surface area contributed by atoms with Crippen LogP contribution in [0, 0.1) is 0 Å². The molecule has 3 rings (SSSR count). The lowest BCUT2D eigenvalue weighted by Crippen LogP contribution is -2.11. The van der Waals surface area contributed by atoms with E-state index in [2.05, 4.69) is 10.3 Å². The second kappa shape index (κ2) is 4.99. The first-order valence-electron chi connectivity index (χ1n) is 5.62. The normalized spacial score (nSPS) is 10.6. The molecule has 0 unspecified atom stereocenters. The van der Waals surface area contributed by atoms with Crippen molar-refractivity contribution in [1.29, 1.82) is 0 Å². The molecule has 94 valence electrons. The van der Waals surface area contributed by atoms with Gasteiger partial charge in [-0.25, -0.2) is 4.98 Å². The topological polar surface area (TPSA) is 42.0 Å². The summed E-state index contributed by atoms with van der Waals surface area (Å²) in [4.78, 5) is 15.9. The lowest BCUT2D eigenvalue weighted by atomic mass is 10.2. The smallest absolute Gasteiger partial charge is 0.257 e. The van der Waals surface area contributed by atoms with Gasteiger partial charge in [0, 0.05) is 16.6 Å². The van der Waals surface area contributed by atoms with Crippen molar-refractivity contribution in [2.45, 2.75) is 0 Å². The third-order valence-electron chi connectivity index (χ3n) is 2.70. The molecule has 2 heterocycles. The molecule has 2 aromatic heterocycles. The average Bonchev–Trinajstić information content (AvgIpc) is 2.87. The summed E-state index contributed by atoms with van der Waals surface area (Å²) in [5.74, 6) is -0.196. The monoisotopic (exact) mass is 288 g/mol. The van der Waals surface area contributed by atoms with E-state index in [1.165, 1.54) is 10.9 Å². The number of hydrogen-bond donors (Lipinski definition) is 1. The number of amides is 1. The summed E-state index contributed by atoms with van der Waals surface area (Å²) in [6, 6.07) is 11.1. The standard InChI is InChI=1S/C14H9ClN2OS/c15-13-4-1-10(8-16-13)14(18)17-11-2-3-12-9(7-11)5-6-19-12/h1-8H,(H,17,18). The number of rotatable bonds is 2. The van der Waals surface area contributed by atoms with E-state index in [0.29, 0.717) is 10.7 Å². The molecule has 3 aromatic rings. The van der Waals surface area contributed by atoms with Gasteiger partial charge >= 0.3 is 0 Å². The molecule has 0 radical (unpaired) electrons. The van der Waals surface area contributed by atoms with Gasteiger partial charge in [0.1, 0.15) is 5.15 Å². The minimum Gasteiger partial charge on any atom is -0.322 e. The maximum absolute atomic E-state index is 12.0. The van der Waals surface area contributed by atoms with Crippen molar-refractivity contribution < 1.29 is 4.79 Å². The Morgan fingerprint density at radius 3 is 2.89 bits per heavy atom. The molecule has 0 fully saturated rings. The summed E-state index contributed by atoms with van der Waals surface area (Å²) in [5.41, 5.74) is 1.25. The van der Waals surface area contributed by atoms with Gasteiger partial charge in [-0.1, -0.05) is 11.6 Å². The van der Waals surface area contributed by atoms with Gasteiger partial charge < -0.3 is 5.32 Å². The van der Waals surface area contributed by atoms with Crippen LogP contribution in [0.2, 0.25) is 5.15 Å². The van der Waals surface area contributed by atoms with Crippen LogP contribution in [0.3, 0.4) is 0 Å². The lowest BCUT2D eigenvalue weighted by Gasteiger charge is -2.05. The van der Waals surface area contributed by atoms with Crippen LogP contribution < -0.4 is 5.32 Å². The molecular formula is C14H9ClN2OS. The summed E-state index contributed by atoms with van der Waals surface area (Å²) >= 11 is 7.36. The molecule has 1 N–H and O–H groups in total. The average molecular weight is 289 g/mol. The Balaban J connectivity index is 1.83. The summed E-state index contributed by atoms with van der Waals surface area (Å²) < 4.78 is 1.20. The van der Waals surface area contributed by atoms with Gasteiger partial charge in [0.15, 0.2) is 0 Å². The Hall–Kier alpha value is -1.91. The van der Waals surface area contributed by atoms with E-state index in [0.717, 1.165) is 11.1 Å². The highest BCUT2D eigenvalue weighted by Crippen LogP contribution is 2.24. The minimum atomic E-state index is -0.196. The molecule has 0 aliphatic rings. The molecule has 0 spiro atoms. The molecule has 0 atom stereocenters.